The molecule has 0 saturated heterocycles. The third kappa shape index (κ3) is 4.49. The number of aromatic nitrogens is 2. The number of nitriles is 1. The average Bonchev–Trinajstić information content (AvgIpc) is 3.11. The minimum atomic E-state index is -0.850. The molecule has 0 aliphatic rings. The van der Waals surface area contributed by atoms with Crippen LogP contribution in [-0.2, 0) is 6.42 Å². The molecule has 0 aliphatic carbocycles. The number of nitrogens with zero attached hydrogens (tertiary/aromatic N) is 3. The molecule has 0 radical (unpaired) electrons. The molecule has 0 atom stereocenters. The summed E-state index contributed by atoms with van der Waals surface area (Å²) in [4.78, 5) is 0. The zero-order valence-electron chi connectivity index (χ0n) is 16.2. The van der Waals surface area contributed by atoms with Crippen molar-refractivity contribution in [3.05, 3.63) is 69.3 Å². The normalized spacial score (nSPS) is 10.2. The van der Waals surface area contributed by atoms with Gasteiger partial charge in [0.25, 0.3) is 0 Å². The minimum absolute atomic E-state index is 0.0962. The van der Waals surface area contributed by atoms with E-state index in [1.165, 1.54) is 0 Å². The van der Waals surface area contributed by atoms with Gasteiger partial charge < -0.3 is 10.5 Å². The van der Waals surface area contributed by atoms with E-state index in [0.29, 0.717) is 46.3 Å². The van der Waals surface area contributed by atoms with E-state index >= 15 is 0 Å². The summed E-state index contributed by atoms with van der Waals surface area (Å²) >= 11 is 12.4. The molecule has 1 N–H and O–H groups in total. The molecule has 7 heteroatoms. The van der Waals surface area contributed by atoms with Crippen molar-refractivity contribution in [1.82, 2.24) is 9.78 Å². The highest BCUT2D eigenvalue weighted by atomic mass is 35.5. The Kier molecular flexibility index (Phi) is 6.79. The highest BCUT2D eigenvalue weighted by Crippen LogP contribution is 2.33. The standard InChI is InChI=1S/C23H18Cl2N4O/c1-2-18-21(23(27)30)28-29(20-12-11-17(24)14-19(20)25)22(18)16-9-7-15(8-10-16)6-4-3-5-13-26/h7-12,14H,2-3,5H2,1H3,(H2,27,30)/p-1. The number of benzene rings is 2. The van der Waals surface area contributed by atoms with E-state index in [2.05, 4.69) is 23.0 Å². The summed E-state index contributed by atoms with van der Waals surface area (Å²) in [5, 5.41) is 33.4. The van der Waals surface area contributed by atoms with E-state index < -0.39 is 5.90 Å². The fraction of sp³-hybridized carbons (Fsp3) is 0.174. The molecule has 0 spiro atoms. The first kappa shape index (κ1) is 21.5. The first-order valence-electron chi connectivity index (χ1n) is 9.25. The lowest BCUT2D eigenvalue weighted by molar-refractivity contribution is -0.215. The summed E-state index contributed by atoms with van der Waals surface area (Å²) in [7, 11) is 0. The largest absolute Gasteiger partial charge is 0.858 e. The van der Waals surface area contributed by atoms with E-state index in [9.17, 15) is 5.11 Å². The van der Waals surface area contributed by atoms with Crippen molar-refractivity contribution in [3.63, 3.8) is 0 Å². The molecule has 0 saturated carbocycles. The van der Waals surface area contributed by atoms with E-state index in [1.807, 2.05) is 31.2 Å². The van der Waals surface area contributed by atoms with Crippen molar-refractivity contribution in [2.75, 3.05) is 0 Å². The molecular weight excluding hydrogens is 419 g/mol. The Labute approximate surface area is 185 Å². The van der Waals surface area contributed by atoms with Gasteiger partial charge in [-0.15, -0.1) is 0 Å². The Morgan fingerprint density at radius 1 is 1.17 bits per heavy atom. The molecule has 150 valence electrons. The van der Waals surface area contributed by atoms with E-state index in [1.54, 1.807) is 22.9 Å². The number of hydrogen-bond acceptors (Lipinski definition) is 4. The molecule has 3 aromatic rings. The molecule has 1 aromatic heterocycles. The summed E-state index contributed by atoms with van der Waals surface area (Å²) in [6, 6.07) is 14.6. The molecule has 0 fully saturated rings. The van der Waals surface area contributed by atoms with Crippen molar-refractivity contribution in [2.45, 2.75) is 26.2 Å². The van der Waals surface area contributed by atoms with Crippen molar-refractivity contribution >= 4 is 29.1 Å². The molecule has 2 aromatic carbocycles. The second-order valence-electron chi connectivity index (χ2n) is 6.40. The van der Waals surface area contributed by atoms with Crippen LogP contribution in [0.15, 0.2) is 42.5 Å². The van der Waals surface area contributed by atoms with Gasteiger partial charge in [-0.3, -0.25) is 0 Å². The number of hydrogen-bond donors (Lipinski definition) is 1. The Balaban J connectivity index is 2.14. The summed E-state index contributed by atoms with van der Waals surface area (Å²) in [5.41, 5.74) is 3.68. The van der Waals surface area contributed by atoms with E-state index in [4.69, 9.17) is 33.9 Å². The smallest absolute Gasteiger partial charge is 0.0994 e. The van der Waals surface area contributed by atoms with Crippen molar-refractivity contribution in [3.8, 4) is 34.9 Å². The van der Waals surface area contributed by atoms with Crippen LogP contribution in [0, 0.1) is 28.6 Å². The highest BCUT2D eigenvalue weighted by molar-refractivity contribution is 6.35. The van der Waals surface area contributed by atoms with E-state index in [-0.39, 0.29) is 5.69 Å². The number of unbranched alkanes of at least 4 members (excludes halogenated alkanes) is 1. The van der Waals surface area contributed by atoms with Gasteiger partial charge in [0.05, 0.1) is 28.2 Å². The second kappa shape index (κ2) is 9.50. The zero-order chi connectivity index (χ0) is 21.7. The third-order valence-electron chi connectivity index (χ3n) is 4.44. The Hall–Kier alpha value is -3.25. The maximum absolute atomic E-state index is 11.9. The van der Waals surface area contributed by atoms with Gasteiger partial charge in [-0.05, 0) is 36.8 Å². The van der Waals surface area contributed by atoms with Crippen LogP contribution in [0.1, 0.15) is 36.6 Å². The number of nitrogens with one attached hydrogen (secondary N) is 1. The third-order valence-corrected chi connectivity index (χ3v) is 4.98. The topological polar surface area (TPSA) is 88.5 Å². The molecule has 0 bridgehead atoms. The number of rotatable bonds is 5. The number of halogens is 2. The first-order chi connectivity index (χ1) is 14.5. The van der Waals surface area contributed by atoms with Crippen molar-refractivity contribution in [1.29, 1.82) is 10.7 Å². The van der Waals surface area contributed by atoms with Crippen molar-refractivity contribution < 1.29 is 5.11 Å². The summed E-state index contributed by atoms with van der Waals surface area (Å²) in [6.45, 7) is 1.91. The predicted molar refractivity (Wildman–Crippen MR) is 117 cm³/mol. The summed E-state index contributed by atoms with van der Waals surface area (Å²) < 4.78 is 1.59. The van der Waals surface area contributed by atoms with E-state index in [0.717, 1.165) is 11.1 Å². The van der Waals surface area contributed by atoms with Crippen LogP contribution in [0.5, 0.6) is 0 Å². The first-order valence-corrected chi connectivity index (χ1v) is 10.0. The molecule has 0 amide bonds. The van der Waals surface area contributed by atoms with Gasteiger partial charge in [0.1, 0.15) is 0 Å². The van der Waals surface area contributed by atoms with Crippen LogP contribution in [0.2, 0.25) is 10.0 Å². The molecule has 30 heavy (non-hydrogen) atoms. The Morgan fingerprint density at radius 2 is 1.90 bits per heavy atom. The average molecular weight is 436 g/mol. The zero-order valence-corrected chi connectivity index (χ0v) is 17.7. The lowest BCUT2D eigenvalue weighted by atomic mass is 10.0. The Morgan fingerprint density at radius 3 is 2.50 bits per heavy atom. The maximum atomic E-state index is 11.9. The van der Waals surface area contributed by atoms with Gasteiger partial charge >= 0.3 is 0 Å². The summed E-state index contributed by atoms with van der Waals surface area (Å²) in [5.74, 6) is 5.14. The fourth-order valence-corrected chi connectivity index (χ4v) is 3.57. The van der Waals surface area contributed by atoms with Crippen LogP contribution in [-0.4, -0.2) is 15.7 Å². The summed E-state index contributed by atoms with van der Waals surface area (Å²) in [6.07, 6.45) is 1.45. The Bertz CT molecular complexity index is 1190. The van der Waals surface area contributed by atoms with Gasteiger partial charge in [-0.2, -0.15) is 10.4 Å². The van der Waals surface area contributed by atoms with Gasteiger partial charge in [0.2, 0.25) is 0 Å². The quantitative estimate of drug-likeness (QED) is 0.271. The van der Waals surface area contributed by atoms with Crippen LogP contribution >= 0.6 is 23.2 Å². The molecular formula is C23H17Cl2N4O-. The predicted octanol–water partition coefficient (Wildman–Crippen LogP) is 4.75. The minimum Gasteiger partial charge on any atom is -0.858 e. The maximum Gasteiger partial charge on any atom is 0.0994 e. The lowest BCUT2D eigenvalue weighted by Crippen LogP contribution is -2.19. The fourth-order valence-electron chi connectivity index (χ4n) is 3.09. The van der Waals surface area contributed by atoms with Crippen LogP contribution in [0.3, 0.4) is 0 Å². The van der Waals surface area contributed by atoms with Crippen molar-refractivity contribution in [2.24, 2.45) is 0 Å². The molecule has 3 rings (SSSR count). The van der Waals surface area contributed by atoms with Gasteiger partial charge in [0, 0.05) is 40.5 Å². The second-order valence-corrected chi connectivity index (χ2v) is 7.25. The van der Waals surface area contributed by atoms with Gasteiger partial charge in [0.15, 0.2) is 0 Å². The monoisotopic (exact) mass is 435 g/mol. The molecule has 0 aliphatic heterocycles. The molecule has 1 heterocycles. The molecule has 5 nitrogen and oxygen atoms in total. The molecule has 0 unspecified atom stereocenters. The lowest BCUT2D eigenvalue weighted by Gasteiger charge is -2.11. The van der Waals surface area contributed by atoms with Crippen LogP contribution in [0.25, 0.3) is 16.9 Å². The highest BCUT2D eigenvalue weighted by Gasteiger charge is 2.20. The van der Waals surface area contributed by atoms with Gasteiger partial charge in [-0.25, -0.2) is 4.68 Å². The SMILES string of the molecule is CCc1c(C(=N)[O-])nn(-c2ccc(Cl)cc2Cl)c1-c1ccc(C#CCCC#N)cc1. The van der Waals surface area contributed by atoms with Gasteiger partial charge in [-0.1, -0.05) is 54.1 Å². The van der Waals surface area contributed by atoms with Crippen LogP contribution in [0.4, 0.5) is 0 Å². The van der Waals surface area contributed by atoms with Crippen LogP contribution < -0.4 is 5.11 Å².